The SMILES string of the molecule is CCCCC(=O)Oc1c(OC)c(OC)c(OCC)c2cc(OC)ccc12. The second kappa shape index (κ2) is 9.17. The van der Waals surface area contributed by atoms with Crippen molar-refractivity contribution in [3.63, 3.8) is 0 Å². The van der Waals surface area contributed by atoms with Crippen LogP contribution in [0.1, 0.15) is 33.1 Å². The highest BCUT2D eigenvalue weighted by Crippen LogP contribution is 2.51. The van der Waals surface area contributed by atoms with Crippen molar-refractivity contribution in [1.82, 2.24) is 0 Å². The molecule has 2 aromatic rings. The number of methoxy groups -OCH3 is 3. The maximum Gasteiger partial charge on any atom is 0.311 e. The Labute approximate surface area is 153 Å². The molecule has 0 radical (unpaired) electrons. The number of ether oxygens (including phenoxy) is 5. The van der Waals surface area contributed by atoms with Gasteiger partial charge in [0, 0.05) is 17.2 Å². The van der Waals surface area contributed by atoms with Gasteiger partial charge in [-0.2, -0.15) is 0 Å². The quantitative estimate of drug-likeness (QED) is 0.488. The van der Waals surface area contributed by atoms with Gasteiger partial charge < -0.3 is 23.7 Å². The summed E-state index contributed by atoms with van der Waals surface area (Å²) in [5.74, 6) is 1.91. The zero-order valence-electron chi connectivity index (χ0n) is 16.0. The first-order chi connectivity index (χ1) is 12.6. The lowest BCUT2D eigenvalue weighted by Crippen LogP contribution is -2.10. The molecule has 0 atom stereocenters. The normalized spacial score (nSPS) is 10.5. The first kappa shape index (κ1) is 19.7. The fourth-order valence-corrected chi connectivity index (χ4v) is 2.73. The molecule has 0 aromatic heterocycles. The van der Waals surface area contributed by atoms with Crippen LogP contribution in [-0.2, 0) is 4.79 Å². The van der Waals surface area contributed by atoms with E-state index in [0.717, 1.165) is 18.2 Å². The van der Waals surface area contributed by atoms with E-state index >= 15 is 0 Å². The van der Waals surface area contributed by atoms with Gasteiger partial charge in [0.1, 0.15) is 5.75 Å². The highest BCUT2D eigenvalue weighted by Gasteiger charge is 2.25. The molecule has 0 aliphatic rings. The molecule has 0 unspecified atom stereocenters. The molecule has 0 fully saturated rings. The van der Waals surface area contributed by atoms with Gasteiger partial charge in [0.15, 0.2) is 11.5 Å². The van der Waals surface area contributed by atoms with E-state index in [-0.39, 0.29) is 5.97 Å². The van der Waals surface area contributed by atoms with Crippen LogP contribution in [0.2, 0.25) is 0 Å². The van der Waals surface area contributed by atoms with Crippen molar-refractivity contribution in [3.05, 3.63) is 18.2 Å². The van der Waals surface area contributed by atoms with Gasteiger partial charge in [0.2, 0.25) is 11.5 Å². The average molecular weight is 362 g/mol. The van der Waals surface area contributed by atoms with Crippen molar-refractivity contribution in [2.45, 2.75) is 33.1 Å². The molecule has 2 aromatic carbocycles. The molecule has 0 heterocycles. The molecule has 0 aliphatic heterocycles. The minimum atomic E-state index is -0.312. The van der Waals surface area contributed by atoms with Gasteiger partial charge in [-0.05, 0) is 31.5 Å². The third-order valence-electron chi connectivity index (χ3n) is 3.98. The van der Waals surface area contributed by atoms with Gasteiger partial charge in [-0.25, -0.2) is 0 Å². The fourth-order valence-electron chi connectivity index (χ4n) is 2.73. The Kier molecular flexibility index (Phi) is 6.95. The lowest BCUT2D eigenvalue weighted by Gasteiger charge is -2.20. The van der Waals surface area contributed by atoms with Crippen LogP contribution in [0.25, 0.3) is 10.8 Å². The van der Waals surface area contributed by atoms with Crippen LogP contribution in [0.5, 0.6) is 28.7 Å². The maximum atomic E-state index is 12.2. The molecule has 6 heteroatoms. The van der Waals surface area contributed by atoms with Gasteiger partial charge in [0.05, 0.1) is 27.9 Å². The Bertz CT molecular complexity index is 769. The summed E-state index contributed by atoms with van der Waals surface area (Å²) in [7, 11) is 4.62. The molecule has 0 amide bonds. The lowest BCUT2D eigenvalue weighted by molar-refractivity contribution is -0.134. The van der Waals surface area contributed by atoms with Crippen molar-refractivity contribution in [2.75, 3.05) is 27.9 Å². The van der Waals surface area contributed by atoms with Gasteiger partial charge in [0.25, 0.3) is 0 Å². The molecule has 0 saturated carbocycles. The largest absolute Gasteiger partial charge is 0.497 e. The summed E-state index contributed by atoms with van der Waals surface area (Å²) in [5, 5.41) is 1.42. The Morgan fingerprint density at radius 3 is 2.15 bits per heavy atom. The van der Waals surface area contributed by atoms with E-state index in [1.165, 1.54) is 14.2 Å². The molecule has 26 heavy (non-hydrogen) atoms. The number of unbranched alkanes of at least 4 members (excludes halogenated alkanes) is 1. The van der Waals surface area contributed by atoms with Crippen molar-refractivity contribution in [2.24, 2.45) is 0 Å². The van der Waals surface area contributed by atoms with Crippen LogP contribution in [0.4, 0.5) is 0 Å². The summed E-state index contributed by atoms with van der Waals surface area (Å²) in [6.07, 6.45) is 2.02. The van der Waals surface area contributed by atoms with Gasteiger partial charge in [-0.3, -0.25) is 4.79 Å². The number of hydrogen-bond donors (Lipinski definition) is 0. The van der Waals surface area contributed by atoms with Crippen LogP contribution in [0.15, 0.2) is 18.2 Å². The molecule has 0 saturated heterocycles. The molecule has 0 aliphatic carbocycles. The monoisotopic (exact) mass is 362 g/mol. The maximum absolute atomic E-state index is 12.2. The third-order valence-corrected chi connectivity index (χ3v) is 3.98. The highest BCUT2D eigenvalue weighted by atomic mass is 16.6. The predicted octanol–water partition coefficient (Wildman–Crippen LogP) is 4.36. The summed E-state index contributed by atoms with van der Waals surface area (Å²) >= 11 is 0. The number of carbonyl (C=O) groups excluding carboxylic acids is 1. The summed E-state index contributed by atoms with van der Waals surface area (Å²) < 4.78 is 27.8. The second-order valence-electron chi connectivity index (χ2n) is 5.65. The summed E-state index contributed by atoms with van der Waals surface area (Å²) in [6, 6.07) is 5.44. The van der Waals surface area contributed by atoms with Crippen LogP contribution in [0, 0.1) is 0 Å². The number of benzene rings is 2. The van der Waals surface area contributed by atoms with Crippen LogP contribution >= 0.6 is 0 Å². The highest BCUT2D eigenvalue weighted by molar-refractivity contribution is 6.00. The number of carbonyl (C=O) groups is 1. The second-order valence-corrected chi connectivity index (χ2v) is 5.65. The minimum absolute atomic E-state index is 0.312. The lowest BCUT2D eigenvalue weighted by atomic mass is 10.1. The van der Waals surface area contributed by atoms with Crippen molar-refractivity contribution in [3.8, 4) is 28.7 Å². The number of rotatable bonds is 9. The molecular formula is C20H26O6. The summed E-state index contributed by atoms with van der Waals surface area (Å²) in [6.45, 7) is 4.35. The minimum Gasteiger partial charge on any atom is -0.497 e. The van der Waals surface area contributed by atoms with Crippen LogP contribution in [-0.4, -0.2) is 33.9 Å². The smallest absolute Gasteiger partial charge is 0.311 e. The van der Waals surface area contributed by atoms with Gasteiger partial charge in [-0.15, -0.1) is 0 Å². The van der Waals surface area contributed by atoms with Crippen molar-refractivity contribution < 1.29 is 28.5 Å². The molecule has 0 N–H and O–H groups in total. The Balaban J connectivity index is 2.72. The van der Waals surface area contributed by atoms with Gasteiger partial charge >= 0.3 is 5.97 Å². The van der Waals surface area contributed by atoms with Crippen LogP contribution in [0.3, 0.4) is 0 Å². The van der Waals surface area contributed by atoms with Crippen molar-refractivity contribution in [1.29, 1.82) is 0 Å². The molecular weight excluding hydrogens is 336 g/mol. The van der Waals surface area contributed by atoms with E-state index in [0.29, 0.717) is 47.2 Å². The average Bonchev–Trinajstić information content (AvgIpc) is 2.67. The number of hydrogen-bond acceptors (Lipinski definition) is 6. The molecule has 6 nitrogen and oxygen atoms in total. The first-order valence-electron chi connectivity index (χ1n) is 8.70. The molecule has 2 rings (SSSR count). The van der Waals surface area contributed by atoms with E-state index in [4.69, 9.17) is 23.7 Å². The van der Waals surface area contributed by atoms with Crippen molar-refractivity contribution >= 4 is 16.7 Å². The van der Waals surface area contributed by atoms with Crippen LogP contribution < -0.4 is 23.7 Å². The summed E-state index contributed by atoms with van der Waals surface area (Å²) in [5.41, 5.74) is 0. The Hall–Kier alpha value is -2.63. The van der Waals surface area contributed by atoms with Gasteiger partial charge in [-0.1, -0.05) is 13.3 Å². The van der Waals surface area contributed by atoms with E-state index < -0.39 is 0 Å². The third kappa shape index (κ3) is 3.95. The first-order valence-corrected chi connectivity index (χ1v) is 8.70. The molecule has 142 valence electrons. The standard InChI is InChI=1S/C20H26O6/c1-6-8-9-16(21)26-18-14-11-10-13(22-3)12-15(14)17(25-7-2)19(23-4)20(18)24-5/h10-12H,6-9H2,1-5H3. The molecule has 0 spiro atoms. The fraction of sp³-hybridized carbons (Fsp3) is 0.450. The topological polar surface area (TPSA) is 63.2 Å². The van der Waals surface area contributed by atoms with E-state index in [9.17, 15) is 4.79 Å². The summed E-state index contributed by atoms with van der Waals surface area (Å²) in [4.78, 5) is 12.2. The van der Waals surface area contributed by atoms with E-state index in [1.807, 2.05) is 26.0 Å². The number of esters is 1. The predicted molar refractivity (Wildman–Crippen MR) is 99.9 cm³/mol. The van der Waals surface area contributed by atoms with E-state index in [2.05, 4.69) is 0 Å². The number of fused-ring (bicyclic) bond motifs is 1. The Morgan fingerprint density at radius 1 is 0.885 bits per heavy atom. The Morgan fingerprint density at radius 2 is 1.58 bits per heavy atom. The van der Waals surface area contributed by atoms with E-state index in [1.54, 1.807) is 13.2 Å². The zero-order valence-corrected chi connectivity index (χ0v) is 16.0. The molecule has 0 bridgehead atoms. The zero-order chi connectivity index (χ0) is 19.1.